The summed E-state index contributed by atoms with van der Waals surface area (Å²) in [5, 5.41) is 0.335. The van der Waals surface area contributed by atoms with E-state index in [1.165, 1.54) is 18.3 Å². The Morgan fingerprint density at radius 1 is 1.08 bits per heavy atom. The fourth-order valence-corrected chi connectivity index (χ4v) is 3.15. The van der Waals surface area contributed by atoms with Gasteiger partial charge in [0.25, 0.3) is 10.0 Å². The summed E-state index contributed by atoms with van der Waals surface area (Å²) in [5.74, 6) is 0.884. The minimum absolute atomic E-state index is 0.128. The van der Waals surface area contributed by atoms with Crippen molar-refractivity contribution in [2.24, 2.45) is 4.40 Å². The molecule has 0 bridgehead atoms. The molecule has 0 heterocycles. The van der Waals surface area contributed by atoms with E-state index < -0.39 is 10.0 Å². The van der Waals surface area contributed by atoms with Gasteiger partial charge < -0.3 is 9.47 Å². The van der Waals surface area contributed by atoms with Crippen molar-refractivity contribution in [3.05, 3.63) is 53.1 Å². The van der Waals surface area contributed by atoms with Crippen LogP contribution in [0.5, 0.6) is 11.5 Å². The van der Waals surface area contributed by atoms with Gasteiger partial charge in [-0.05, 0) is 43.7 Å². The monoisotopic (exact) mass is 367 g/mol. The van der Waals surface area contributed by atoms with Crippen molar-refractivity contribution in [3.63, 3.8) is 0 Å². The molecule has 0 saturated heterocycles. The first kappa shape index (κ1) is 18.3. The van der Waals surface area contributed by atoms with Crippen molar-refractivity contribution in [3.8, 4) is 11.5 Å². The molecule has 0 N–H and O–H groups in total. The maximum absolute atomic E-state index is 12.2. The fraction of sp³-hybridized carbons (Fsp3) is 0.235. The Kier molecular flexibility index (Phi) is 6.23. The molecule has 0 aliphatic rings. The minimum Gasteiger partial charge on any atom is -0.490 e. The lowest BCUT2D eigenvalue weighted by Crippen LogP contribution is -2.01. The molecule has 0 amide bonds. The molecule has 5 nitrogen and oxygen atoms in total. The quantitative estimate of drug-likeness (QED) is 0.695. The molecule has 0 atom stereocenters. The Bertz CT molecular complexity index is 820. The number of ether oxygens (including phenoxy) is 2. The Balaban J connectivity index is 2.36. The molecular weight excluding hydrogens is 350 g/mol. The predicted molar refractivity (Wildman–Crippen MR) is 95.0 cm³/mol. The zero-order valence-electron chi connectivity index (χ0n) is 13.4. The fourth-order valence-electron chi connectivity index (χ4n) is 1.99. The van der Waals surface area contributed by atoms with E-state index in [1.807, 2.05) is 13.8 Å². The summed E-state index contributed by atoms with van der Waals surface area (Å²) < 4.78 is 39.1. The van der Waals surface area contributed by atoms with E-state index >= 15 is 0 Å². The van der Waals surface area contributed by atoms with Crippen LogP contribution in [0.25, 0.3) is 0 Å². The van der Waals surface area contributed by atoms with Crippen molar-refractivity contribution >= 4 is 27.8 Å². The van der Waals surface area contributed by atoms with Crippen molar-refractivity contribution in [1.82, 2.24) is 0 Å². The van der Waals surface area contributed by atoms with E-state index in [4.69, 9.17) is 21.1 Å². The van der Waals surface area contributed by atoms with Crippen LogP contribution in [0, 0.1) is 0 Å². The number of rotatable bonds is 7. The lowest BCUT2D eigenvalue weighted by atomic mass is 10.2. The van der Waals surface area contributed by atoms with Gasteiger partial charge in [-0.2, -0.15) is 12.8 Å². The van der Waals surface area contributed by atoms with Gasteiger partial charge in [0.05, 0.1) is 23.1 Å². The smallest absolute Gasteiger partial charge is 0.282 e. The van der Waals surface area contributed by atoms with Crippen LogP contribution in [0.4, 0.5) is 0 Å². The zero-order chi connectivity index (χ0) is 17.6. The molecule has 0 radical (unpaired) electrons. The van der Waals surface area contributed by atoms with Gasteiger partial charge in [-0.3, -0.25) is 0 Å². The van der Waals surface area contributed by atoms with Crippen LogP contribution in [0.15, 0.2) is 51.8 Å². The highest BCUT2D eigenvalue weighted by Crippen LogP contribution is 2.36. The maximum atomic E-state index is 12.2. The predicted octanol–water partition coefficient (Wildman–Crippen LogP) is 3.95. The third kappa shape index (κ3) is 4.49. The molecule has 2 aromatic rings. The second kappa shape index (κ2) is 8.17. The van der Waals surface area contributed by atoms with Gasteiger partial charge in [0, 0.05) is 6.21 Å². The molecule has 0 aromatic heterocycles. The van der Waals surface area contributed by atoms with E-state index in [0.717, 1.165) is 0 Å². The third-order valence-electron chi connectivity index (χ3n) is 3.00. The van der Waals surface area contributed by atoms with Gasteiger partial charge in [-0.15, -0.1) is 0 Å². The van der Waals surface area contributed by atoms with Crippen molar-refractivity contribution in [2.45, 2.75) is 18.7 Å². The summed E-state index contributed by atoms with van der Waals surface area (Å²) in [6, 6.07) is 11.2. The van der Waals surface area contributed by atoms with E-state index in [9.17, 15) is 8.42 Å². The number of benzene rings is 2. The second-order valence-corrected chi connectivity index (χ2v) is 6.76. The highest BCUT2D eigenvalue weighted by atomic mass is 35.5. The van der Waals surface area contributed by atoms with Crippen LogP contribution >= 0.6 is 11.6 Å². The average molecular weight is 368 g/mol. The van der Waals surface area contributed by atoms with Crippen molar-refractivity contribution < 1.29 is 17.9 Å². The Hall–Kier alpha value is -2.05. The Morgan fingerprint density at radius 2 is 1.75 bits per heavy atom. The van der Waals surface area contributed by atoms with Gasteiger partial charge >= 0.3 is 0 Å². The normalized spacial score (nSPS) is 11.6. The topological polar surface area (TPSA) is 65.0 Å². The maximum Gasteiger partial charge on any atom is 0.282 e. The second-order valence-electron chi connectivity index (χ2n) is 4.72. The molecule has 2 rings (SSSR count). The number of nitrogens with zero attached hydrogens (tertiary/aromatic N) is 1. The van der Waals surface area contributed by atoms with Crippen LogP contribution < -0.4 is 9.47 Å². The molecule has 0 saturated carbocycles. The summed E-state index contributed by atoms with van der Waals surface area (Å²) in [6.45, 7) is 4.55. The molecular formula is C17H18ClNO4S. The van der Waals surface area contributed by atoms with Gasteiger partial charge in [-0.1, -0.05) is 29.8 Å². The van der Waals surface area contributed by atoms with E-state index in [-0.39, 0.29) is 4.90 Å². The van der Waals surface area contributed by atoms with Crippen molar-refractivity contribution in [1.29, 1.82) is 0 Å². The summed E-state index contributed by atoms with van der Waals surface area (Å²) in [5.41, 5.74) is 0.506. The molecule has 0 unspecified atom stereocenters. The summed E-state index contributed by atoms with van der Waals surface area (Å²) in [6.07, 6.45) is 1.24. The largest absolute Gasteiger partial charge is 0.490 e. The van der Waals surface area contributed by atoms with Crippen LogP contribution in [0.2, 0.25) is 5.02 Å². The lowest BCUT2D eigenvalue weighted by Gasteiger charge is -2.13. The van der Waals surface area contributed by atoms with Gasteiger partial charge in [0.2, 0.25) is 0 Å². The first-order chi connectivity index (χ1) is 11.5. The van der Waals surface area contributed by atoms with Crippen LogP contribution in [-0.2, 0) is 10.0 Å². The van der Waals surface area contributed by atoms with Gasteiger partial charge in [-0.25, -0.2) is 0 Å². The van der Waals surface area contributed by atoms with Gasteiger partial charge in [0.15, 0.2) is 11.5 Å². The highest BCUT2D eigenvalue weighted by Gasteiger charge is 2.13. The number of sulfonamides is 1. The number of hydrogen-bond donors (Lipinski definition) is 0. The van der Waals surface area contributed by atoms with Crippen LogP contribution in [0.1, 0.15) is 19.4 Å². The summed E-state index contributed by atoms with van der Waals surface area (Å²) >= 11 is 6.20. The SMILES string of the molecule is CCOc1cc(/C=N\S(=O)(=O)c2ccccc2)cc(Cl)c1OCC. The molecule has 128 valence electrons. The Morgan fingerprint density at radius 3 is 2.38 bits per heavy atom. The molecule has 0 spiro atoms. The molecule has 0 aliphatic carbocycles. The van der Waals surface area contributed by atoms with Crippen LogP contribution in [0.3, 0.4) is 0 Å². The minimum atomic E-state index is -3.76. The first-order valence-electron chi connectivity index (χ1n) is 7.42. The van der Waals surface area contributed by atoms with E-state index in [2.05, 4.69) is 4.40 Å². The zero-order valence-corrected chi connectivity index (χ0v) is 15.0. The third-order valence-corrected chi connectivity index (χ3v) is 4.53. The van der Waals surface area contributed by atoms with E-state index in [0.29, 0.717) is 35.3 Å². The summed E-state index contributed by atoms with van der Waals surface area (Å²) in [7, 11) is -3.76. The lowest BCUT2D eigenvalue weighted by molar-refractivity contribution is 0.288. The van der Waals surface area contributed by atoms with Crippen molar-refractivity contribution in [2.75, 3.05) is 13.2 Å². The number of halogens is 1. The van der Waals surface area contributed by atoms with E-state index in [1.54, 1.807) is 30.3 Å². The standard InChI is InChI=1S/C17H18ClNO4S/c1-3-22-16-11-13(10-15(18)17(16)23-4-2)12-19-24(20,21)14-8-6-5-7-9-14/h5-12H,3-4H2,1-2H3/b19-12-. The summed E-state index contributed by atoms with van der Waals surface area (Å²) in [4.78, 5) is 0.128. The molecule has 7 heteroatoms. The number of hydrogen-bond acceptors (Lipinski definition) is 4. The molecule has 0 fully saturated rings. The average Bonchev–Trinajstić information content (AvgIpc) is 2.57. The highest BCUT2D eigenvalue weighted by molar-refractivity contribution is 7.90. The first-order valence-corrected chi connectivity index (χ1v) is 9.24. The molecule has 24 heavy (non-hydrogen) atoms. The van der Waals surface area contributed by atoms with Gasteiger partial charge in [0.1, 0.15) is 0 Å². The Labute approximate surface area is 146 Å². The molecule has 0 aliphatic heterocycles. The molecule has 2 aromatic carbocycles. The van der Waals surface area contributed by atoms with Crippen LogP contribution in [-0.4, -0.2) is 27.8 Å².